The van der Waals surface area contributed by atoms with Crippen LogP contribution in [-0.2, 0) is 16.1 Å². The van der Waals surface area contributed by atoms with Gasteiger partial charge in [0.25, 0.3) is 0 Å². The van der Waals surface area contributed by atoms with Crippen LogP contribution in [0.15, 0.2) is 24.3 Å². The second kappa shape index (κ2) is 8.54. The number of likely N-dealkylation sites (tertiary alicyclic amines) is 1. The molecule has 2 aliphatic rings. The van der Waals surface area contributed by atoms with E-state index in [4.69, 9.17) is 4.74 Å². The minimum atomic E-state index is -0.782. The minimum absolute atomic E-state index is 0.00441. The summed E-state index contributed by atoms with van der Waals surface area (Å²) in [5.74, 6) is 1.96. The van der Waals surface area contributed by atoms with Crippen LogP contribution in [0.25, 0.3) is 0 Å². The van der Waals surface area contributed by atoms with Crippen molar-refractivity contribution >= 4 is 11.8 Å². The van der Waals surface area contributed by atoms with E-state index >= 15 is 0 Å². The van der Waals surface area contributed by atoms with E-state index in [-0.39, 0.29) is 17.9 Å². The third-order valence-corrected chi connectivity index (χ3v) is 6.81. The van der Waals surface area contributed by atoms with Crippen molar-refractivity contribution in [2.24, 2.45) is 11.8 Å². The molecule has 5 heteroatoms. The second-order valence-corrected chi connectivity index (χ2v) is 8.68. The maximum atomic E-state index is 13.2. The van der Waals surface area contributed by atoms with Crippen molar-refractivity contribution in [3.05, 3.63) is 29.8 Å². The number of hydrogen-bond donors (Lipinski definition) is 1. The first-order valence-corrected chi connectivity index (χ1v) is 10.7. The van der Waals surface area contributed by atoms with Gasteiger partial charge in [0.15, 0.2) is 0 Å². The molecule has 1 heterocycles. The number of hydrogen-bond acceptors (Lipinski definition) is 3. The molecule has 1 aliphatic heterocycles. The van der Waals surface area contributed by atoms with Crippen molar-refractivity contribution in [1.29, 1.82) is 0 Å². The molecule has 0 aromatic heterocycles. The molecule has 28 heavy (non-hydrogen) atoms. The fourth-order valence-corrected chi connectivity index (χ4v) is 4.54. The Labute approximate surface area is 168 Å². The van der Waals surface area contributed by atoms with E-state index < -0.39 is 5.54 Å². The summed E-state index contributed by atoms with van der Waals surface area (Å²) in [7, 11) is 0. The number of nitrogens with one attached hydrogen (secondary N) is 1. The van der Waals surface area contributed by atoms with E-state index in [0.717, 1.165) is 24.2 Å². The van der Waals surface area contributed by atoms with Gasteiger partial charge in [-0.1, -0.05) is 38.8 Å². The SMILES string of the molecule is CCOc1ccc(CN2C(=O)CCC2(C)C(=O)NC2CCCC(C)C2C)cc1. The van der Waals surface area contributed by atoms with Crippen molar-refractivity contribution < 1.29 is 14.3 Å². The summed E-state index contributed by atoms with van der Waals surface area (Å²) in [6.07, 6.45) is 4.41. The third-order valence-electron chi connectivity index (χ3n) is 6.81. The lowest BCUT2D eigenvalue weighted by atomic mass is 9.77. The van der Waals surface area contributed by atoms with Gasteiger partial charge in [-0.05, 0) is 56.2 Å². The summed E-state index contributed by atoms with van der Waals surface area (Å²) < 4.78 is 5.49. The molecule has 2 fully saturated rings. The van der Waals surface area contributed by atoms with Crippen molar-refractivity contribution in [3.8, 4) is 5.75 Å². The zero-order valence-corrected chi connectivity index (χ0v) is 17.7. The molecule has 3 rings (SSSR count). The average molecular weight is 387 g/mol. The summed E-state index contributed by atoms with van der Waals surface area (Å²) in [5.41, 5.74) is 0.230. The Balaban J connectivity index is 1.71. The lowest BCUT2D eigenvalue weighted by molar-refractivity contribution is -0.142. The van der Waals surface area contributed by atoms with Gasteiger partial charge < -0.3 is 15.0 Å². The molecule has 1 saturated heterocycles. The van der Waals surface area contributed by atoms with Crippen LogP contribution >= 0.6 is 0 Å². The Morgan fingerprint density at radius 2 is 1.96 bits per heavy atom. The van der Waals surface area contributed by atoms with Crippen LogP contribution in [0, 0.1) is 11.8 Å². The van der Waals surface area contributed by atoms with E-state index in [1.54, 1.807) is 4.90 Å². The summed E-state index contributed by atoms with van der Waals surface area (Å²) >= 11 is 0. The topological polar surface area (TPSA) is 58.6 Å². The number of ether oxygens (including phenoxy) is 1. The molecule has 1 saturated carbocycles. The molecule has 154 valence electrons. The molecule has 2 amide bonds. The number of carbonyl (C=O) groups excluding carboxylic acids is 2. The highest BCUT2D eigenvalue weighted by Crippen LogP contribution is 2.34. The fraction of sp³-hybridized carbons (Fsp3) is 0.652. The van der Waals surface area contributed by atoms with Crippen molar-refractivity contribution in [3.63, 3.8) is 0 Å². The quantitative estimate of drug-likeness (QED) is 0.806. The van der Waals surface area contributed by atoms with Crippen LogP contribution in [-0.4, -0.2) is 34.9 Å². The Morgan fingerprint density at radius 1 is 1.25 bits per heavy atom. The van der Waals surface area contributed by atoms with E-state index in [9.17, 15) is 9.59 Å². The van der Waals surface area contributed by atoms with Gasteiger partial charge in [-0.3, -0.25) is 9.59 Å². The third kappa shape index (κ3) is 4.18. The van der Waals surface area contributed by atoms with Gasteiger partial charge in [0, 0.05) is 19.0 Å². The van der Waals surface area contributed by atoms with Crippen LogP contribution in [0.2, 0.25) is 0 Å². The number of benzene rings is 1. The zero-order chi connectivity index (χ0) is 20.3. The Bertz CT molecular complexity index is 702. The standard InChI is InChI=1S/C23H34N2O3/c1-5-28-19-11-9-18(10-12-19)15-25-21(26)13-14-23(25,4)22(27)24-20-8-6-7-16(2)17(20)3/h9-12,16-17,20H,5-8,13-15H2,1-4H3,(H,24,27). The summed E-state index contributed by atoms with van der Waals surface area (Å²) in [4.78, 5) is 27.6. The summed E-state index contributed by atoms with van der Waals surface area (Å²) in [6, 6.07) is 7.99. The Hall–Kier alpha value is -2.04. The van der Waals surface area contributed by atoms with Crippen LogP contribution in [0.1, 0.15) is 65.4 Å². The summed E-state index contributed by atoms with van der Waals surface area (Å²) in [6.45, 7) is 9.44. The van der Waals surface area contributed by atoms with E-state index in [1.807, 2.05) is 38.1 Å². The highest BCUT2D eigenvalue weighted by molar-refractivity contribution is 5.94. The van der Waals surface area contributed by atoms with E-state index in [2.05, 4.69) is 19.2 Å². The molecular weight excluding hydrogens is 352 g/mol. The van der Waals surface area contributed by atoms with Crippen molar-refractivity contribution in [1.82, 2.24) is 10.2 Å². The first-order chi connectivity index (χ1) is 13.3. The fourth-order valence-electron chi connectivity index (χ4n) is 4.54. The number of carbonyl (C=O) groups is 2. The molecule has 1 N–H and O–H groups in total. The minimum Gasteiger partial charge on any atom is -0.494 e. The highest BCUT2D eigenvalue weighted by Gasteiger charge is 2.48. The van der Waals surface area contributed by atoms with Gasteiger partial charge >= 0.3 is 0 Å². The normalized spacial score (nSPS) is 30.4. The molecule has 0 bridgehead atoms. The molecule has 1 aromatic rings. The first kappa shape index (κ1) is 20.7. The zero-order valence-electron chi connectivity index (χ0n) is 17.7. The maximum absolute atomic E-state index is 13.2. The van der Waals surface area contributed by atoms with Gasteiger partial charge in [-0.2, -0.15) is 0 Å². The van der Waals surface area contributed by atoms with Crippen molar-refractivity contribution in [2.75, 3.05) is 6.61 Å². The molecule has 0 radical (unpaired) electrons. The predicted molar refractivity (Wildman–Crippen MR) is 110 cm³/mol. The second-order valence-electron chi connectivity index (χ2n) is 8.68. The Kier molecular flexibility index (Phi) is 6.31. The van der Waals surface area contributed by atoms with Gasteiger partial charge in [-0.15, -0.1) is 0 Å². The first-order valence-electron chi connectivity index (χ1n) is 10.7. The number of rotatable bonds is 6. The van der Waals surface area contributed by atoms with Crippen LogP contribution in [0.5, 0.6) is 5.75 Å². The molecule has 0 spiro atoms. The predicted octanol–water partition coefficient (Wildman–Crippen LogP) is 3.91. The highest BCUT2D eigenvalue weighted by atomic mass is 16.5. The molecule has 4 unspecified atom stereocenters. The number of amides is 2. The number of nitrogens with zero attached hydrogens (tertiary/aromatic N) is 1. The van der Waals surface area contributed by atoms with Gasteiger partial charge in [-0.25, -0.2) is 0 Å². The van der Waals surface area contributed by atoms with E-state index in [0.29, 0.717) is 37.8 Å². The molecular formula is C23H34N2O3. The van der Waals surface area contributed by atoms with Crippen LogP contribution < -0.4 is 10.1 Å². The average Bonchev–Trinajstić information content (AvgIpc) is 2.97. The molecule has 4 atom stereocenters. The Morgan fingerprint density at radius 3 is 2.64 bits per heavy atom. The lowest BCUT2D eigenvalue weighted by Gasteiger charge is -2.39. The van der Waals surface area contributed by atoms with Crippen LogP contribution in [0.4, 0.5) is 0 Å². The van der Waals surface area contributed by atoms with Gasteiger partial charge in [0.05, 0.1) is 6.61 Å². The maximum Gasteiger partial charge on any atom is 0.245 e. The van der Waals surface area contributed by atoms with Gasteiger partial charge in [0.2, 0.25) is 11.8 Å². The monoisotopic (exact) mass is 386 g/mol. The molecule has 1 aliphatic carbocycles. The molecule has 5 nitrogen and oxygen atoms in total. The smallest absolute Gasteiger partial charge is 0.245 e. The van der Waals surface area contributed by atoms with Gasteiger partial charge in [0.1, 0.15) is 11.3 Å². The van der Waals surface area contributed by atoms with Crippen LogP contribution in [0.3, 0.4) is 0 Å². The summed E-state index contributed by atoms with van der Waals surface area (Å²) in [5, 5.41) is 3.29. The van der Waals surface area contributed by atoms with E-state index in [1.165, 1.54) is 6.42 Å². The van der Waals surface area contributed by atoms with Crippen molar-refractivity contribution in [2.45, 2.75) is 77.9 Å². The lowest BCUT2D eigenvalue weighted by Crippen LogP contribution is -2.57. The largest absolute Gasteiger partial charge is 0.494 e. The molecule has 1 aromatic carbocycles.